The number of ether oxygens (including phenoxy) is 1. The molecule has 116 valence electrons. The van der Waals surface area contributed by atoms with Crippen molar-refractivity contribution in [3.05, 3.63) is 22.4 Å². The van der Waals surface area contributed by atoms with Crippen LogP contribution in [0.15, 0.2) is 17.5 Å². The van der Waals surface area contributed by atoms with Gasteiger partial charge in [-0.15, -0.1) is 11.3 Å². The van der Waals surface area contributed by atoms with Gasteiger partial charge in [0.25, 0.3) is 5.91 Å². The van der Waals surface area contributed by atoms with Crippen LogP contribution >= 0.6 is 11.3 Å². The lowest BCUT2D eigenvalue weighted by Gasteiger charge is -2.32. The number of nitrogens with one attached hydrogen (secondary N) is 2. The normalized spacial score (nSPS) is 18.8. The molecule has 1 aliphatic heterocycles. The van der Waals surface area contributed by atoms with Gasteiger partial charge in [0.15, 0.2) is 0 Å². The van der Waals surface area contributed by atoms with Gasteiger partial charge in [0.2, 0.25) is 5.91 Å². The van der Waals surface area contributed by atoms with E-state index in [2.05, 4.69) is 10.6 Å². The van der Waals surface area contributed by atoms with Crippen molar-refractivity contribution < 1.29 is 19.4 Å². The van der Waals surface area contributed by atoms with Gasteiger partial charge in [0, 0.05) is 32.6 Å². The van der Waals surface area contributed by atoms with E-state index < -0.39 is 11.6 Å². The predicted molar refractivity (Wildman–Crippen MR) is 79.3 cm³/mol. The second-order valence-corrected chi connectivity index (χ2v) is 6.17. The molecule has 0 bridgehead atoms. The third-order valence-electron chi connectivity index (χ3n) is 3.50. The molecule has 0 spiro atoms. The van der Waals surface area contributed by atoms with Crippen LogP contribution in [-0.2, 0) is 9.53 Å². The molecule has 0 radical (unpaired) electrons. The van der Waals surface area contributed by atoms with Gasteiger partial charge in [-0.05, 0) is 18.4 Å². The molecule has 6 nitrogen and oxygen atoms in total. The van der Waals surface area contributed by atoms with Crippen molar-refractivity contribution in [1.82, 2.24) is 10.6 Å². The molecule has 1 aromatic heterocycles. The van der Waals surface area contributed by atoms with Crippen molar-refractivity contribution in [2.45, 2.75) is 31.4 Å². The molecule has 2 amide bonds. The van der Waals surface area contributed by atoms with E-state index in [0.29, 0.717) is 30.9 Å². The monoisotopic (exact) mass is 312 g/mol. The van der Waals surface area contributed by atoms with Gasteiger partial charge < -0.3 is 20.5 Å². The first kappa shape index (κ1) is 15.9. The Bertz CT molecular complexity index is 483. The van der Waals surface area contributed by atoms with E-state index in [1.165, 1.54) is 11.3 Å². The zero-order chi connectivity index (χ0) is 15.3. The van der Waals surface area contributed by atoms with Crippen molar-refractivity contribution >= 4 is 23.2 Å². The predicted octanol–water partition coefficient (Wildman–Crippen LogP) is 0.524. The summed E-state index contributed by atoms with van der Waals surface area (Å²) in [6.45, 7) is 2.79. The molecule has 1 fully saturated rings. The van der Waals surface area contributed by atoms with E-state index in [4.69, 9.17) is 4.74 Å². The van der Waals surface area contributed by atoms with E-state index in [1.54, 1.807) is 24.4 Å². The summed E-state index contributed by atoms with van der Waals surface area (Å²) in [5, 5.41) is 17.4. The summed E-state index contributed by atoms with van der Waals surface area (Å²) >= 11 is 1.32. The van der Waals surface area contributed by atoms with Gasteiger partial charge in [-0.1, -0.05) is 6.07 Å². The van der Waals surface area contributed by atoms with E-state index in [-0.39, 0.29) is 18.4 Å². The fraction of sp³-hybridized carbons (Fsp3) is 0.571. The fourth-order valence-electron chi connectivity index (χ4n) is 2.07. The topological polar surface area (TPSA) is 87.7 Å². The summed E-state index contributed by atoms with van der Waals surface area (Å²) in [6.07, 6.45) is 1.01. The molecule has 1 unspecified atom stereocenters. The number of amides is 2. The van der Waals surface area contributed by atoms with Gasteiger partial charge in [0.1, 0.15) is 6.04 Å². The molecule has 0 saturated carbocycles. The summed E-state index contributed by atoms with van der Waals surface area (Å²) in [4.78, 5) is 24.4. The molecule has 21 heavy (non-hydrogen) atoms. The average Bonchev–Trinajstić information content (AvgIpc) is 3.00. The van der Waals surface area contributed by atoms with Crippen molar-refractivity contribution in [3.8, 4) is 0 Å². The Morgan fingerprint density at radius 1 is 1.48 bits per heavy atom. The van der Waals surface area contributed by atoms with E-state index >= 15 is 0 Å². The SMILES string of the molecule is CC(NC(=O)c1cccs1)C(=O)NCC1(O)CCOCC1. The smallest absolute Gasteiger partial charge is 0.261 e. The van der Waals surface area contributed by atoms with E-state index in [0.717, 1.165) is 0 Å². The largest absolute Gasteiger partial charge is 0.388 e. The van der Waals surface area contributed by atoms with Crippen molar-refractivity contribution in [2.75, 3.05) is 19.8 Å². The Kier molecular flexibility index (Phi) is 5.33. The van der Waals surface area contributed by atoms with Crippen LogP contribution in [0.5, 0.6) is 0 Å². The number of thiophene rings is 1. The second kappa shape index (κ2) is 7.02. The van der Waals surface area contributed by atoms with E-state index in [9.17, 15) is 14.7 Å². The molecule has 2 heterocycles. The first-order valence-electron chi connectivity index (χ1n) is 6.92. The van der Waals surface area contributed by atoms with Crippen LogP contribution in [0.3, 0.4) is 0 Å². The number of hydrogen-bond donors (Lipinski definition) is 3. The van der Waals surface area contributed by atoms with Crippen LogP contribution in [-0.4, -0.2) is 48.3 Å². The highest BCUT2D eigenvalue weighted by Gasteiger charge is 2.30. The lowest BCUT2D eigenvalue weighted by Crippen LogP contribution is -2.51. The molecule has 3 N–H and O–H groups in total. The third kappa shape index (κ3) is 4.52. The fourth-order valence-corrected chi connectivity index (χ4v) is 2.70. The zero-order valence-electron chi connectivity index (χ0n) is 11.9. The van der Waals surface area contributed by atoms with Crippen molar-refractivity contribution in [2.24, 2.45) is 0 Å². The number of carbonyl (C=O) groups excluding carboxylic acids is 2. The summed E-state index contributed by atoms with van der Waals surface area (Å²) in [5.41, 5.74) is -0.911. The lowest BCUT2D eigenvalue weighted by atomic mass is 9.94. The second-order valence-electron chi connectivity index (χ2n) is 5.23. The minimum atomic E-state index is -0.911. The first-order valence-corrected chi connectivity index (χ1v) is 7.80. The van der Waals surface area contributed by atoms with Gasteiger partial charge in [0.05, 0.1) is 10.5 Å². The number of carbonyl (C=O) groups is 2. The molecular weight excluding hydrogens is 292 g/mol. The Labute approximate surface area is 127 Å². The lowest BCUT2D eigenvalue weighted by molar-refractivity contribution is -0.125. The Balaban J connectivity index is 1.78. The minimum absolute atomic E-state index is 0.175. The van der Waals surface area contributed by atoms with Crippen LogP contribution < -0.4 is 10.6 Å². The van der Waals surface area contributed by atoms with Gasteiger partial charge in [-0.2, -0.15) is 0 Å². The minimum Gasteiger partial charge on any atom is -0.388 e. The molecule has 0 aromatic carbocycles. The third-order valence-corrected chi connectivity index (χ3v) is 4.37. The molecule has 1 aliphatic rings. The summed E-state index contributed by atoms with van der Waals surface area (Å²) in [7, 11) is 0. The summed E-state index contributed by atoms with van der Waals surface area (Å²) in [6, 6.07) is 2.84. The summed E-state index contributed by atoms with van der Waals surface area (Å²) in [5.74, 6) is -0.572. The number of hydrogen-bond acceptors (Lipinski definition) is 5. The van der Waals surface area contributed by atoms with Crippen molar-refractivity contribution in [1.29, 1.82) is 0 Å². The van der Waals surface area contributed by atoms with Gasteiger partial charge in [-0.25, -0.2) is 0 Å². The van der Waals surface area contributed by atoms with Crippen molar-refractivity contribution in [3.63, 3.8) is 0 Å². The van der Waals surface area contributed by atoms with Crippen LogP contribution in [0.4, 0.5) is 0 Å². The maximum atomic E-state index is 12.0. The van der Waals surface area contributed by atoms with E-state index in [1.807, 2.05) is 0 Å². The summed E-state index contributed by atoms with van der Waals surface area (Å²) < 4.78 is 5.18. The Morgan fingerprint density at radius 3 is 2.81 bits per heavy atom. The highest BCUT2D eigenvalue weighted by atomic mass is 32.1. The first-order chi connectivity index (χ1) is 10.0. The Morgan fingerprint density at radius 2 is 2.19 bits per heavy atom. The maximum absolute atomic E-state index is 12.0. The molecule has 1 aromatic rings. The van der Waals surface area contributed by atoms with Crippen LogP contribution in [0.1, 0.15) is 29.4 Å². The molecule has 1 saturated heterocycles. The molecule has 7 heteroatoms. The highest BCUT2D eigenvalue weighted by molar-refractivity contribution is 7.12. The zero-order valence-corrected chi connectivity index (χ0v) is 12.7. The molecular formula is C14H20N2O4S. The van der Waals surface area contributed by atoms with Crippen LogP contribution in [0, 0.1) is 0 Å². The highest BCUT2D eigenvalue weighted by Crippen LogP contribution is 2.19. The van der Waals surface area contributed by atoms with Crippen LogP contribution in [0.2, 0.25) is 0 Å². The van der Waals surface area contributed by atoms with Gasteiger partial charge in [-0.3, -0.25) is 9.59 Å². The number of rotatable bonds is 5. The van der Waals surface area contributed by atoms with Gasteiger partial charge >= 0.3 is 0 Å². The molecule has 2 rings (SSSR count). The Hall–Kier alpha value is -1.44. The maximum Gasteiger partial charge on any atom is 0.261 e. The van der Waals surface area contributed by atoms with Crippen LogP contribution in [0.25, 0.3) is 0 Å². The standard InChI is InChI=1S/C14H20N2O4S/c1-10(16-13(18)11-3-2-8-21-11)12(17)15-9-14(19)4-6-20-7-5-14/h2-3,8,10,19H,4-7,9H2,1H3,(H,15,17)(H,16,18). The molecule has 0 aliphatic carbocycles. The quantitative estimate of drug-likeness (QED) is 0.740. The number of aliphatic hydroxyl groups is 1. The molecule has 1 atom stereocenters. The average molecular weight is 312 g/mol.